The molecular weight excluding hydrogens is 368 g/mol. The third kappa shape index (κ3) is 4.20. The monoisotopic (exact) mass is 388 g/mol. The standard InChI is InChI=1S/C12H22Br2O2S/c1-2-17(15,16)8-7-12(9-13,10-14)11-5-3-4-6-11/h11H,2-10H2,1H3. The Bertz CT molecular complexity index is 317. The van der Waals surface area contributed by atoms with E-state index in [2.05, 4.69) is 31.9 Å². The predicted molar refractivity (Wildman–Crippen MR) is 80.9 cm³/mol. The Morgan fingerprint density at radius 1 is 1.18 bits per heavy atom. The Kier molecular flexibility index (Phi) is 6.48. The first-order valence-corrected chi connectivity index (χ1v) is 10.4. The molecule has 0 aliphatic heterocycles. The highest BCUT2D eigenvalue weighted by Gasteiger charge is 2.38. The van der Waals surface area contributed by atoms with Crippen molar-refractivity contribution in [1.82, 2.24) is 0 Å². The molecule has 0 amide bonds. The fraction of sp³-hybridized carbons (Fsp3) is 1.00. The molecule has 1 rings (SSSR count). The first kappa shape index (κ1) is 16.0. The quantitative estimate of drug-likeness (QED) is 0.621. The highest BCUT2D eigenvalue weighted by molar-refractivity contribution is 9.09. The molecule has 0 unspecified atom stereocenters. The van der Waals surface area contributed by atoms with E-state index in [-0.39, 0.29) is 11.2 Å². The smallest absolute Gasteiger partial charge is 0.150 e. The Hall–Kier alpha value is 0.910. The molecule has 2 nitrogen and oxygen atoms in total. The SMILES string of the molecule is CCS(=O)(=O)CCC(CBr)(CBr)C1CCCC1. The van der Waals surface area contributed by atoms with Crippen LogP contribution in [0.25, 0.3) is 0 Å². The van der Waals surface area contributed by atoms with Crippen molar-refractivity contribution in [1.29, 1.82) is 0 Å². The number of halogens is 2. The van der Waals surface area contributed by atoms with Gasteiger partial charge in [0.1, 0.15) is 9.84 Å². The van der Waals surface area contributed by atoms with Gasteiger partial charge in [-0.2, -0.15) is 0 Å². The maximum atomic E-state index is 11.7. The molecule has 1 aliphatic rings. The molecule has 5 heteroatoms. The minimum atomic E-state index is -2.84. The fourth-order valence-electron chi connectivity index (χ4n) is 2.63. The van der Waals surface area contributed by atoms with Crippen molar-refractivity contribution in [2.45, 2.75) is 39.0 Å². The summed E-state index contributed by atoms with van der Waals surface area (Å²) in [6, 6.07) is 0. The van der Waals surface area contributed by atoms with Gasteiger partial charge in [-0.3, -0.25) is 0 Å². The van der Waals surface area contributed by atoms with E-state index in [4.69, 9.17) is 0 Å². The molecule has 0 radical (unpaired) electrons. The van der Waals surface area contributed by atoms with E-state index in [1.807, 2.05) is 0 Å². The number of sulfone groups is 1. The highest BCUT2D eigenvalue weighted by Crippen LogP contribution is 2.45. The fourth-order valence-corrected chi connectivity index (χ4v) is 6.04. The van der Waals surface area contributed by atoms with Gasteiger partial charge in [0, 0.05) is 16.4 Å². The van der Waals surface area contributed by atoms with Gasteiger partial charge in [0.25, 0.3) is 0 Å². The van der Waals surface area contributed by atoms with Crippen LogP contribution < -0.4 is 0 Å². The van der Waals surface area contributed by atoms with Gasteiger partial charge in [-0.05, 0) is 30.6 Å². The number of hydrogen-bond donors (Lipinski definition) is 0. The van der Waals surface area contributed by atoms with Crippen molar-refractivity contribution in [3.8, 4) is 0 Å². The van der Waals surface area contributed by atoms with Crippen molar-refractivity contribution in [2.24, 2.45) is 11.3 Å². The molecule has 0 aromatic carbocycles. The van der Waals surface area contributed by atoms with Crippen molar-refractivity contribution in [3.05, 3.63) is 0 Å². The average molecular weight is 390 g/mol. The Morgan fingerprint density at radius 2 is 1.71 bits per heavy atom. The van der Waals surface area contributed by atoms with Gasteiger partial charge in [-0.15, -0.1) is 0 Å². The molecule has 0 aromatic heterocycles. The van der Waals surface area contributed by atoms with Gasteiger partial charge in [0.2, 0.25) is 0 Å². The van der Waals surface area contributed by atoms with Crippen LogP contribution in [-0.4, -0.2) is 30.6 Å². The first-order valence-electron chi connectivity index (χ1n) is 6.32. The van der Waals surface area contributed by atoms with E-state index in [0.29, 0.717) is 11.7 Å². The zero-order valence-corrected chi connectivity index (χ0v) is 14.4. The molecule has 1 saturated carbocycles. The van der Waals surface area contributed by atoms with E-state index in [1.54, 1.807) is 6.92 Å². The maximum Gasteiger partial charge on any atom is 0.150 e. The zero-order valence-electron chi connectivity index (χ0n) is 10.4. The van der Waals surface area contributed by atoms with Crippen LogP contribution in [0.5, 0.6) is 0 Å². The van der Waals surface area contributed by atoms with Gasteiger partial charge in [-0.1, -0.05) is 51.6 Å². The van der Waals surface area contributed by atoms with Crippen molar-refractivity contribution < 1.29 is 8.42 Å². The zero-order chi connectivity index (χ0) is 12.9. The molecule has 0 atom stereocenters. The lowest BCUT2D eigenvalue weighted by molar-refractivity contribution is 0.226. The average Bonchev–Trinajstić information content (AvgIpc) is 2.85. The summed E-state index contributed by atoms with van der Waals surface area (Å²) in [5, 5.41) is 1.80. The lowest BCUT2D eigenvalue weighted by atomic mass is 9.75. The minimum Gasteiger partial charge on any atom is -0.229 e. The van der Waals surface area contributed by atoms with E-state index >= 15 is 0 Å². The van der Waals surface area contributed by atoms with Crippen LogP contribution in [0.3, 0.4) is 0 Å². The molecule has 0 aromatic rings. The summed E-state index contributed by atoms with van der Waals surface area (Å²) in [5.41, 5.74) is 0.124. The summed E-state index contributed by atoms with van der Waals surface area (Å²) >= 11 is 7.22. The maximum absolute atomic E-state index is 11.7. The van der Waals surface area contributed by atoms with Gasteiger partial charge in [-0.25, -0.2) is 8.42 Å². The summed E-state index contributed by atoms with van der Waals surface area (Å²) in [7, 11) is -2.84. The van der Waals surface area contributed by atoms with Gasteiger partial charge in [0.05, 0.1) is 5.75 Å². The van der Waals surface area contributed by atoms with Crippen LogP contribution >= 0.6 is 31.9 Å². The lowest BCUT2D eigenvalue weighted by Crippen LogP contribution is -2.35. The molecule has 0 heterocycles. The van der Waals surface area contributed by atoms with E-state index in [0.717, 1.165) is 17.1 Å². The van der Waals surface area contributed by atoms with E-state index < -0.39 is 9.84 Å². The van der Waals surface area contributed by atoms with Crippen LogP contribution in [0, 0.1) is 11.3 Å². The molecular formula is C12H22Br2O2S. The molecule has 17 heavy (non-hydrogen) atoms. The number of rotatable bonds is 7. The third-order valence-corrected chi connectivity index (χ3v) is 8.04. The van der Waals surface area contributed by atoms with Crippen LogP contribution in [0.4, 0.5) is 0 Å². The minimum absolute atomic E-state index is 0.124. The summed E-state index contributed by atoms with van der Waals surface area (Å²) in [5.74, 6) is 1.27. The normalized spacial score (nSPS) is 18.8. The summed E-state index contributed by atoms with van der Waals surface area (Å²) in [6.07, 6.45) is 5.89. The molecule has 0 saturated heterocycles. The van der Waals surface area contributed by atoms with Crippen LogP contribution in [0.2, 0.25) is 0 Å². The lowest BCUT2D eigenvalue weighted by Gasteiger charge is -2.36. The van der Waals surface area contributed by atoms with Crippen molar-refractivity contribution >= 4 is 41.7 Å². The number of hydrogen-bond acceptors (Lipinski definition) is 2. The Labute approximate surface area is 122 Å². The number of alkyl halides is 2. The van der Waals surface area contributed by atoms with Crippen molar-refractivity contribution in [2.75, 3.05) is 22.2 Å². The molecule has 0 bridgehead atoms. The van der Waals surface area contributed by atoms with E-state index in [1.165, 1.54) is 25.7 Å². The van der Waals surface area contributed by atoms with Gasteiger partial charge < -0.3 is 0 Å². The Balaban J connectivity index is 2.70. The molecule has 1 fully saturated rings. The van der Waals surface area contributed by atoms with E-state index in [9.17, 15) is 8.42 Å². The second-order valence-corrected chi connectivity index (χ2v) is 8.69. The second-order valence-electron chi connectivity index (χ2n) is 5.10. The largest absolute Gasteiger partial charge is 0.229 e. The van der Waals surface area contributed by atoms with Crippen LogP contribution in [0.15, 0.2) is 0 Å². The topological polar surface area (TPSA) is 34.1 Å². The molecule has 102 valence electrons. The molecule has 0 spiro atoms. The van der Waals surface area contributed by atoms with Crippen LogP contribution in [0.1, 0.15) is 39.0 Å². The summed E-state index contributed by atoms with van der Waals surface area (Å²) in [6.45, 7) is 1.73. The molecule has 0 N–H and O–H groups in total. The second kappa shape index (κ2) is 6.90. The third-order valence-electron chi connectivity index (χ3n) is 4.10. The Morgan fingerprint density at radius 3 is 2.12 bits per heavy atom. The predicted octanol–water partition coefficient (Wildman–Crippen LogP) is 3.78. The van der Waals surface area contributed by atoms with Crippen LogP contribution in [-0.2, 0) is 9.84 Å². The summed E-state index contributed by atoms with van der Waals surface area (Å²) in [4.78, 5) is 0. The highest BCUT2D eigenvalue weighted by atomic mass is 79.9. The van der Waals surface area contributed by atoms with Crippen molar-refractivity contribution in [3.63, 3.8) is 0 Å². The van der Waals surface area contributed by atoms with Gasteiger partial charge in [0.15, 0.2) is 0 Å². The van der Waals surface area contributed by atoms with Gasteiger partial charge >= 0.3 is 0 Å². The summed E-state index contributed by atoms with van der Waals surface area (Å²) < 4.78 is 23.3. The first-order chi connectivity index (χ1) is 7.99. The molecule has 1 aliphatic carbocycles.